The Balaban J connectivity index is 2.18. The summed E-state index contributed by atoms with van der Waals surface area (Å²) in [6.07, 6.45) is 4.52. The summed E-state index contributed by atoms with van der Waals surface area (Å²) in [4.78, 5) is 0. The Morgan fingerprint density at radius 2 is 2.39 bits per heavy atom. The average Bonchev–Trinajstić information content (AvgIpc) is 2.99. The van der Waals surface area contributed by atoms with Crippen LogP contribution in [-0.2, 0) is 11.3 Å². The number of aromatic nitrogens is 2. The lowest BCUT2D eigenvalue weighted by molar-refractivity contribution is 0.0943. The lowest BCUT2D eigenvalue weighted by atomic mass is 9.91. The number of nitrogens with zero attached hydrogens (tertiary/aromatic N) is 2. The molecule has 2 rings (SSSR count). The van der Waals surface area contributed by atoms with Crippen molar-refractivity contribution >= 4 is 0 Å². The molecule has 4 nitrogen and oxygen atoms in total. The summed E-state index contributed by atoms with van der Waals surface area (Å²) in [6, 6.07) is 2.51. The Bertz CT molecular complexity index is 364. The fraction of sp³-hybridized carbons (Fsp3) is 0.786. The minimum atomic E-state index is 0.333. The molecule has 0 amide bonds. The van der Waals surface area contributed by atoms with Crippen molar-refractivity contribution < 1.29 is 4.74 Å². The first-order valence-electron chi connectivity index (χ1n) is 7.14. The zero-order valence-corrected chi connectivity index (χ0v) is 11.7. The van der Waals surface area contributed by atoms with Crippen molar-refractivity contribution in [2.75, 3.05) is 13.2 Å². The van der Waals surface area contributed by atoms with Gasteiger partial charge in [0.25, 0.3) is 0 Å². The number of ether oxygens (including phenoxy) is 1. The topological polar surface area (TPSA) is 39.1 Å². The Morgan fingerprint density at radius 3 is 3.00 bits per heavy atom. The number of nitrogens with one attached hydrogen (secondary N) is 1. The van der Waals surface area contributed by atoms with Crippen molar-refractivity contribution in [1.82, 2.24) is 15.1 Å². The largest absolute Gasteiger partial charge is 0.378 e. The quantitative estimate of drug-likeness (QED) is 0.843. The van der Waals surface area contributed by atoms with Crippen molar-refractivity contribution in [2.45, 2.75) is 52.3 Å². The highest BCUT2D eigenvalue weighted by molar-refractivity contribution is 5.10. The highest BCUT2D eigenvalue weighted by atomic mass is 16.5. The van der Waals surface area contributed by atoms with Gasteiger partial charge in [-0.1, -0.05) is 6.92 Å². The van der Waals surface area contributed by atoms with E-state index >= 15 is 0 Å². The van der Waals surface area contributed by atoms with Gasteiger partial charge >= 0.3 is 0 Å². The molecule has 1 saturated heterocycles. The van der Waals surface area contributed by atoms with Gasteiger partial charge in [0.1, 0.15) is 0 Å². The van der Waals surface area contributed by atoms with Crippen LogP contribution in [0.1, 0.15) is 45.3 Å². The summed E-state index contributed by atoms with van der Waals surface area (Å²) in [5, 5.41) is 8.07. The summed E-state index contributed by atoms with van der Waals surface area (Å²) < 4.78 is 7.82. The summed E-state index contributed by atoms with van der Waals surface area (Å²) in [5.41, 5.74) is 1.30. The van der Waals surface area contributed by atoms with Crippen LogP contribution < -0.4 is 5.32 Å². The summed E-state index contributed by atoms with van der Waals surface area (Å²) in [6.45, 7) is 9.39. The molecule has 1 fully saturated rings. The average molecular weight is 251 g/mol. The molecule has 0 bridgehead atoms. The van der Waals surface area contributed by atoms with Gasteiger partial charge in [-0.25, -0.2) is 0 Å². The highest BCUT2D eigenvalue weighted by Crippen LogP contribution is 2.33. The van der Waals surface area contributed by atoms with E-state index in [1.54, 1.807) is 0 Å². The molecular weight excluding hydrogens is 226 g/mol. The maximum Gasteiger partial charge on any atom is 0.0594 e. The smallest absolute Gasteiger partial charge is 0.0594 e. The van der Waals surface area contributed by atoms with Crippen molar-refractivity contribution in [3.8, 4) is 0 Å². The summed E-state index contributed by atoms with van der Waals surface area (Å²) in [7, 11) is 0. The molecule has 1 aromatic rings. The first-order valence-corrected chi connectivity index (χ1v) is 7.14. The number of aryl methyl sites for hydroxylation is 1. The van der Waals surface area contributed by atoms with Crippen LogP contribution in [0.5, 0.6) is 0 Å². The molecule has 0 aromatic carbocycles. The molecule has 0 spiro atoms. The van der Waals surface area contributed by atoms with E-state index in [9.17, 15) is 0 Å². The van der Waals surface area contributed by atoms with Gasteiger partial charge in [0.15, 0.2) is 0 Å². The SMILES string of the molecule is CCCNC(c1ccnn1CC)C1CCOC1C. The Labute approximate surface area is 110 Å². The van der Waals surface area contributed by atoms with Gasteiger partial charge in [-0.2, -0.15) is 5.10 Å². The zero-order chi connectivity index (χ0) is 13.0. The second-order valence-corrected chi connectivity index (χ2v) is 5.03. The summed E-state index contributed by atoms with van der Waals surface area (Å²) >= 11 is 0. The van der Waals surface area contributed by atoms with Crippen LogP contribution in [0.15, 0.2) is 12.3 Å². The van der Waals surface area contributed by atoms with Gasteiger partial charge in [-0.15, -0.1) is 0 Å². The molecule has 102 valence electrons. The molecule has 1 aliphatic heterocycles. The Kier molecular flexibility index (Phi) is 4.78. The number of hydrogen-bond donors (Lipinski definition) is 1. The zero-order valence-electron chi connectivity index (χ0n) is 11.7. The van der Waals surface area contributed by atoms with Crippen molar-refractivity contribution in [3.63, 3.8) is 0 Å². The molecular formula is C14H25N3O. The van der Waals surface area contributed by atoms with Crippen LogP contribution in [0.3, 0.4) is 0 Å². The van der Waals surface area contributed by atoms with E-state index in [1.807, 2.05) is 6.20 Å². The van der Waals surface area contributed by atoms with Gasteiger partial charge in [-0.3, -0.25) is 4.68 Å². The number of hydrogen-bond acceptors (Lipinski definition) is 3. The lowest BCUT2D eigenvalue weighted by Crippen LogP contribution is -2.34. The fourth-order valence-electron chi connectivity index (χ4n) is 2.83. The third kappa shape index (κ3) is 2.75. The van der Waals surface area contributed by atoms with Gasteiger partial charge in [-0.05, 0) is 39.3 Å². The minimum absolute atomic E-state index is 0.333. The standard InChI is InChI=1S/C14H25N3O/c1-4-8-15-14(12-7-10-18-11(12)3)13-6-9-16-17(13)5-2/h6,9,11-12,14-15H,4-5,7-8,10H2,1-3H3. The Morgan fingerprint density at radius 1 is 1.56 bits per heavy atom. The molecule has 4 heteroatoms. The third-order valence-corrected chi connectivity index (χ3v) is 3.84. The molecule has 1 aromatic heterocycles. The predicted octanol–water partition coefficient (Wildman–Crippen LogP) is 2.37. The second-order valence-electron chi connectivity index (χ2n) is 5.03. The van der Waals surface area contributed by atoms with E-state index in [1.165, 1.54) is 5.69 Å². The van der Waals surface area contributed by atoms with Gasteiger partial charge < -0.3 is 10.1 Å². The molecule has 0 radical (unpaired) electrons. The second kappa shape index (κ2) is 6.34. The molecule has 3 atom stereocenters. The van der Waals surface area contributed by atoms with E-state index < -0.39 is 0 Å². The van der Waals surface area contributed by atoms with E-state index in [-0.39, 0.29) is 0 Å². The maximum atomic E-state index is 5.73. The van der Waals surface area contributed by atoms with E-state index in [0.717, 1.165) is 32.5 Å². The van der Waals surface area contributed by atoms with E-state index in [4.69, 9.17) is 4.74 Å². The van der Waals surface area contributed by atoms with E-state index in [0.29, 0.717) is 18.1 Å². The van der Waals surface area contributed by atoms with Crippen molar-refractivity contribution in [3.05, 3.63) is 18.0 Å². The first-order chi connectivity index (χ1) is 8.77. The van der Waals surface area contributed by atoms with Gasteiger partial charge in [0, 0.05) is 25.3 Å². The van der Waals surface area contributed by atoms with Crippen LogP contribution in [0, 0.1) is 5.92 Å². The van der Waals surface area contributed by atoms with Gasteiger partial charge in [0.05, 0.1) is 17.8 Å². The maximum absolute atomic E-state index is 5.73. The molecule has 18 heavy (non-hydrogen) atoms. The fourth-order valence-corrected chi connectivity index (χ4v) is 2.83. The van der Waals surface area contributed by atoms with Gasteiger partial charge in [0.2, 0.25) is 0 Å². The molecule has 1 aliphatic rings. The minimum Gasteiger partial charge on any atom is -0.378 e. The van der Waals surface area contributed by atoms with Crippen LogP contribution in [0.4, 0.5) is 0 Å². The Hall–Kier alpha value is -0.870. The third-order valence-electron chi connectivity index (χ3n) is 3.84. The van der Waals surface area contributed by atoms with Crippen LogP contribution in [-0.4, -0.2) is 29.0 Å². The van der Waals surface area contributed by atoms with Crippen LogP contribution in [0.25, 0.3) is 0 Å². The lowest BCUT2D eigenvalue weighted by Gasteiger charge is -2.27. The molecule has 3 unspecified atom stereocenters. The highest BCUT2D eigenvalue weighted by Gasteiger charge is 2.33. The van der Waals surface area contributed by atoms with E-state index in [2.05, 4.69) is 41.9 Å². The normalized spacial score (nSPS) is 25.5. The van der Waals surface area contributed by atoms with Crippen molar-refractivity contribution in [1.29, 1.82) is 0 Å². The predicted molar refractivity (Wildman–Crippen MR) is 72.5 cm³/mol. The molecule has 0 saturated carbocycles. The van der Waals surface area contributed by atoms with Crippen molar-refractivity contribution in [2.24, 2.45) is 5.92 Å². The molecule has 1 N–H and O–H groups in total. The molecule has 2 heterocycles. The number of rotatable bonds is 6. The van der Waals surface area contributed by atoms with Crippen LogP contribution in [0.2, 0.25) is 0 Å². The van der Waals surface area contributed by atoms with Crippen LogP contribution >= 0.6 is 0 Å². The summed E-state index contributed by atoms with van der Waals surface area (Å²) in [5.74, 6) is 0.554. The monoisotopic (exact) mass is 251 g/mol. The molecule has 0 aliphatic carbocycles. The first kappa shape index (κ1) is 13.6.